The maximum absolute atomic E-state index is 5.59. The van der Waals surface area contributed by atoms with E-state index in [0.29, 0.717) is 6.04 Å². The van der Waals surface area contributed by atoms with E-state index in [0.717, 1.165) is 17.3 Å². The maximum Gasteiger partial charge on any atom is 0.0139 e. The number of nitrogens with two attached hydrogens (primary N) is 1. The molecular weight excluding hydrogens is 74.1 g/mol. The smallest absolute Gasteiger partial charge is 0.0139 e. The topological polar surface area (TPSA) is 26.0 Å². The van der Waals surface area contributed by atoms with E-state index in [2.05, 4.69) is 0 Å². The average molecular weight is 81.1 g/mol. The molecule has 0 radical (unpaired) electrons. The highest BCUT2D eigenvalue weighted by Gasteiger charge is 2.96. The van der Waals surface area contributed by atoms with Gasteiger partial charge in [0.2, 0.25) is 0 Å². The van der Waals surface area contributed by atoms with E-state index in [9.17, 15) is 0 Å². The van der Waals surface area contributed by atoms with E-state index < -0.39 is 0 Å². The third-order valence-electron chi connectivity index (χ3n) is 2.95. The third kappa shape index (κ3) is 0.0557. The fourth-order valence-electron chi connectivity index (χ4n) is 2.03. The van der Waals surface area contributed by atoms with Gasteiger partial charge in [0.1, 0.15) is 0 Å². The predicted molar refractivity (Wildman–Crippen MR) is 22.0 cm³/mol. The monoisotopic (exact) mass is 81.1 g/mol. The van der Waals surface area contributed by atoms with Crippen molar-refractivity contribution in [1.29, 1.82) is 0 Å². The highest BCUT2D eigenvalue weighted by atomic mass is 15.1. The first-order valence-electron chi connectivity index (χ1n) is 2.63. The largest absolute Gasteiger partial charge is 0.327 e. The molecule has 2 N–H and O–H groups in total. The molecule has 0 aromatic rings. The summed E-state index contributed by atoms with van der Waals surface area (Å²) in [4.78, 5) is 0. The van der Waals surface area contributed by atoms with Crippen LogP contribution < -0.4 is 5.73 Å². The highest BCUT2D eigenvalue weighted by Crippen LogP contribution is 2.96. The summed E-state index contributed by atoms with van der Waals surface area (Å²) in [5, 5.41) is 0. The Labute approximate surface area is 36.5 Å². The molecule has 0 heterocycles. The van der Waals surface area contributed by atoms with E-state index in [1.165, 1.54) is 6.42 Å². The van der Waals surface area contributed by atoms with Crippen LogP contribution in [-0.2, 0) is 0 Å². The zero-order chi connectivity index (χ0) is 3.94. The SMILES string of the molecule is NC1C2C3CC132. The lowest BCUT2D eigenvalue weighted by Crippen LogP contribution is -2.08. The van der Waals surface area contributed by atoms with Crippen molar-refractivity contribution in [1.82, 2.24) is 0 Å². The second kappa shape index (κ2) is 0.305. The summed E-state index contributed by atoms with van der Waals surface area (Å²) >= 11 is 0. The van der Waals surface area contributed by atoms with Crippen molar-refractivity contribution >= 4 is 0 Å². The Hall–Kier alpha value is -0.0400. The van der Waals surface area contributed by atoms with Crippen molar-refractivity contribution in [3.8, 4) is 0 Å². The first kappa shape index (κ1) is 2.31. The van der Waals surface area contributed by atoms with Gasteiger partial charge in [-0.1, -0.05) is 0 Å². The van der Waals surface area contributed by atoms with Gasteiger partial charge in [0.25, 0.3) is 0 Å². The molecule has 1 heteroatoms. The number of rotatable bonds is 0. The molecule has 1 spiro atoms. The second-order valence-corrected chi connectivity index (χ2v) is 2.97. The lowest BCUT2D eigenvalue weighted by atomic mass is 10.3. The van der Waals surface area contributed by atoms with Crippen molar-refractivity contribution in [2.45, 2.75) is 12.5 Å². The van der Waals surface area contributed by atoms with Crippen LogP contribution in [0.2, 0.25) is 0 Å². The maximum atomic E-state index is 5.59. The average Bonchev–Trinajstić information content (AvgIpc) is 2.13. The summed E-state index contributed by atoms with van der Waals surface area (Å²) < 4.78 is 0. The molecule has 3 aliphatic carbocycles. The zero-order valence-corrected chi connectivity index (χ0v) is 3.52. The van der Waals surface area contributed by atoms with Gasteiger partial charge in [-0.25, -0.2) is 0 Å². The molecule has 1 nitrogen and oxygen atoms in total. The lowest BCUT2D eigenvalue weighted by molar-refractivity contribution is 0.734. The molecule has 3 fully saturated rings. The van der Waals surface area contributed by atoms with Gasteiger partial charge in [-0.15, -0.1) is 0 Å². The van der Waals surface area contributed by atoms with Gasteiger partial charge in [-0.05, 0) is 23.7 Å². The molecule has 0 amide bonds. The number of hydrogen-bond donors (Lipinski definition) is 1. The van der Waals surface area contributed by atoms with E-state index in [1.807, 2.05) is 0 Å². The van der Waals surface area contributed by atoms with Crippen LogP contribution in [0.4, 0.5) is 0 Å². The molecule has 32 valence electrons. The summed E-state index contributed by atoms with van der Waals surface area (Å²) in [6, 6.07) is 0.669. The predicted octanol–water partition coefficient (Wildman–Crippen LogP) is -0.0366. The van der Waals surface area contributed by atoms with Crippen molar-refractivity contribution in [2.75, 3.05) is 0 Å². The van der Waals surface area contributed by atoms with Crippen LogP contribution in [0, 0.1) is 17.3 Å². The quantitative estimate of drug-likeness (QED) is 0.435. The standard InChI is InChI=1S/C5H7N/c6-4-3-2-1-5(2,3)4/h2-4H,1,6H2. The van der Waals surface area contributed by atoms with Crippen LogP contribution in [0.5, 0.6) is 0 Å². The van der Waals surface area contributed by atoms with Crippen LogP contribution in [0.15, 0.2) is 0 Å². The second-order valence-electron chi connectivity index (χ2n) is 2.97. The molecule has 0 aromatic carbocycles. The van der Waals surface area contributed by atoms with Crippen LogP contribution in [-0.4, -0.2) is 6.04 Å². The Kier molecular flexibility index (Phi) is 0.118. The van der Waals surface area contributed by atoms with Gasteiger partial charge in [0.05, 0.1) is 0 Å². The summed E-state index contributed by atoms with van der Waals surface area (Å²) in [6.45, 7) is 0. The van der Waals surface area contributed by atoms with Crippen LogP contribution in [0.25, 0.3) is 0 Å². The van der Waals surface area contributed by atoms with Crippen LogP contribution in [0.3, 0.4) is 0 Å². The van der Waals surface area contributed by atoms with Crippen molar-refractivity contribution in [3.05, 3.63) is 0 Å². The molecule has 6 heavy (non-hydrogen) atoms. The molecule has 3 saturated carbocycles. The minimum Gasteiger partial charge on any atom is -0.327 e. The van der Waals surface area contributed by atoms with Gasteiger partial charge in [-0.2, -0.15) is 0 Å². The Morgan fingerprint density at radius 2 is 2.33 bits per heavy atom. The van der Waals surface area contributed by atoms with E-state index >= 15 is 0 Å². The van der Waals surface area contributed by atoms with Crippen molar-refractivity contribution in [3.63, 3.8) is 0 Å². The fraction of sp³-hybridized carbons (Fsp3) is 1.00. The lowest BCUT2D eigenvalue weighted by Gasteiger charge is -1.83. The molecule has 4 atom stereocenters. The van der Waals surface area contributed by atoms with Gasteiger partial charge in [-0.3, -0.25) is 0 Å². The van der Waals surface area contributed by atoms with E-state index in [4.69, 9.17) is 5.73 Å². The van der Waals surface area contributed by atoms with E-state index in [1.54, 1.807) is 0 Å². The first-order chi connectivity index (χ1) is 2.87. The van der Waals surface area contributed by atoms with Gasteiger partial charge < -0.3 is 5.73 Å². The van der Waals surface area contributed by atoms with Crippen molar-refractivity contribution < 1.29 is 0 Å². The molecule has 3 aliphatic rings. The number of fused-ring (bicyclic) bond motifs is 1. The van der Waals surface area contributed by atoms with Crippen LogP contribution >= 0.6 is 0 Å². The third-order valence-corrected chi connectivity index (χ3v) is 2.95. The Morgan fingerprint density at radius 3 is 2.33 bits per heavy atom. The number of hydrogen-bond acceptors (Lipinski definition) is 1. The molecular formula is C5H7N. The minimum absolute atomic E-state index is 0.669. The van der Waals surface area contributed by atoms with Gasteiger partial charge >= 0.3 is 0 Å². The zero-order valence-electron chi connectivity index (χ0n) is 3.52. The molecule has 0 bridgehead atoms. The Morgan fingerprint density at radius 1 is 1.67 bits per heavy atom. The minimum atomic E-state index is 0.669. The molecule has 3 rings (SSSR count). The molecule has 0 saturated heterocycles. The molecule has 4 unspecified atom stereocenters. The van der Waals surface area contributed by atoms with E-state index in [-0.39, 0.29) is 0 Å². The Bertz CT molecular complexity index is 126. The normalized spacial score (nSPS) is 90.5. The van der Waals surface area contributed by atoms with Crippen LogP contribution in [0.1, 0.15) is 6.42 Å². The Balaban J connectivity index is 2.19. The summed E-state index contributed by atoms with van der Waals surface area (Å²) in [5.74, 6) is 2.19. The highest BCUT2D eigenvalue weighted by molar-refractivity contribution is 5.47. The van der Waals surface area contributed by atoms with Gasteiger partial charge in [0, 0.05) is 6.04 Å². The van der Waals surface area contributed by atoms with Crippen molar-refractivity contribution in [2.24, 2.45) is 23.0 Å². The fourth-order valence-corrected chi connectivity index (χ4v) is 2.03. The molecule has 0 aliphatic heterocycles. The summed E-state index contributed by atoms with van der Waals surface area (Å²) in [5.41, 5.74) is 6.41. The molecule has 0 aromatic heterocycles. The first-order valence-corrected chi connectivity index (χ1v) is 2.63. The summed E-state index contributed by atoms with van der Waals surface area (Å²) in [6.07, 6.45) is 1.48. The van der Waals surface area contributed by atoms with Gasteiger partial charge in [0.15, 0.2) is 0 Å². The summed E-state index contributed by atoms with van der Waals surface area (Å²) in [7, 11) is 0.